The first-order chi connectivity index (χ1) is 14.3. The molecule has 9 heteroatoms. The van der Waals surface area contributed by atoms with Crippen molar-refractivity contribution in [3.8, 4) is 0 Å². The number of amides is 3. The van der Waals surface area contributed by atoms with Gasteiger partial charge in [0.05, 0.1) is 6.04 Å². The van der Waals surface area contributed by atoms with E-state index in [4.69, 9.17) is 17.5 Å². The Hall–Kier alpha value is -1.67. The van der Waals surface area contributed by atoms with Gasteiger partial charge in [0, 0.05) is 6.54 Å². The largest absolute Gasteiger partial charge is 0.363 e. The predicted molar refractivity (Wildman–Crippen MR) is 117 cm³/mol. The SMILES string of the molecule is CC(C)(C)C(NCl)C(=O)N1CC2C([C@H]1C(=O)NC(CC1CCC1)C(=O)C(N)=O)C2(C)C. The minimum absolute atomic E-state index is 0.000395. The third-order valence-electron chi connectivity index (χ3n) is 7.65. The molecule has 3 fully saturated rings. The molecule has 0 aromatic heterocycles. The lowest BCUT2D eigenvalue weighted by Crippen LogP contribution is -2.59. The van der Waals surface area contributed by atoms with Crippen molar-refractivity contribution in [3.63, 3.8) is 0 Å². The predicted octanol–water partition coefficient (Wildman–Crippen LogP) is 1.36. The first-order valence-corrected chi connectivity index (χ1v) is 11.5. The maximum absolute atomic E-state index is 13.4. The number of fused-ring (bicyclic) bond motifs is 1. The number of nitrogens with two attached hydrogens (primary N) is 1. The Bertz CT molecular complexity index is 774. The fourth-order valence-corrected chi connectivity index (χ4v) is 5.70. The molecule has 0 spiro atoms. The van der Waals surface area contributed by atoms with E-state index < -0.39 is 41.1 Å². The standard InChI is InChI=1S/C22H35ClN4O4/c1-21(2,3)17(26-23)20(31)27-10-12-14(22(12,4)5)15(27)19(30)25-13(16(28)18(24)29)9-11-7-6-8-11/h11-15,17,26H,6-10H2,1-5H3,(H2,24,29)(H,25,30)/t12?,13?,14?,15-,17?/m0/s1. The maximum atomic E-state index is 13.4. The van der Waals surface area contributed by atoms with Gasteiger partial charge in [0.1, 0.15) is 12.1 Å². The summed E-state index contributed by atoms with van der Waals surface area (Å²) in [5.74, 6) is -1.95. The number of carbonyl (C=O) groups is 4. The minimum atomic E-state index is -1.05. The number of likely N-dealkylation sites (tertiary alicyclic amines) is 1. The van der Waals surface area contributed by atoms with E-state index in [-0.39, 0.29) is 23.2 Å². The van der Waals surface area contributed by atoms with Crippen molar-refractivity contribution < 1.29 is 19.2 Å². The van der Waals surface area contributed by atoms with Crippen molar-refractivity contribution in [1.29, 1.82) is 0 Å². The molecular formula is C22H35ClN4O4. The molecule has 1 saturated heterocycles. The van der Waals surface area contributed by atoms with Crippen LogP contribution in [0.15, 0.2) is 0 Å². The van der Waals surface area contributed by atoms with Gasteiger partial charge < -0.3 is 16.0 Å². The van der Waals surface area contributed by atoms with Crippen LogP contribution in [0.1, 0.15) is 60.3 Å². The highest BCUT2D eigenvalue weighted by Crippen LogP contribution is 2.65. The summed E-state index contributed by atoms with van der Waals surface area (Å²) in [6, 6.07) is -2.31. The van der Waals surface area contributed by atoms with E-state index >= 15 is 0 Å². The van der Waals surface area contributed by atoms with Crippen molar-refractivity contribution in [1.82, 2.24) is 15.1 Å². The normalized spacial score (nSPS) is 28.8. The van der Waals surface area contributed by atoms with Gasteiger partial charge in [-0.15, -0.1) is 0 Å². The number of nitrogens with one attached hydrogen (secondary N) is 2. The second-order valence-electron chi connectivity index (χ2n) is 11.1. The molecule has 0 aromatic rings. The number of hydrogen-bond acceptors (Lipinski definition) is 5. The van der Waals surface area contributed by atoms with Crippen LogP contribution in [-0.2, 0) is 19.2 Å². The molecule has 0 bridgehead atoms. The molecule has 4 N–H and O–H groups in total. The van der Waals surface area contributed by atoms with Crippen molar-refractivity contribution in [2.45, 2.75) is 78.4 Å². The fraction of sp³-hybridized carbons (Fsp3) is 0.818. The average Bonchev–Trinajstić information content (AvgIpc) is 2.98. The van der Waals surface area contributed by atoms with Crippen LogP contribution in [0, 0.1) is 28.6 Å². The number of halogens is 1. The van der Waals surface area contributed by atoms with Gasteiger partial charge in [0.2, 0.25) is 17.6 Å². The highest BCUT2D eigenvalue weighted by molar-refractivity contribution is 6.37. The molecule has 1 aliphatic heterocycles. The molecule has 2 aliphatic carbocycles. The zero-order chi connectivity index (χ0) is 23.3. The highest BCUT2D eigenvalue weighted by Gasteiger charge is 2.69. The van der Waals surface area contributed by atoms with Crippen molar-refractivity contribution in [2.75, 3.05) is 6.54 Å². The number of Topliss-reactive ketones (excluding diaryl/α,β-unsaturated/α-hetero) is 1. The van der Waals surface area contributed by atoms with E-state index in [1.165, 1.54) is 0 Å². The van der Waals surface area contributed by atoms with Crippen LogP contribution in [0.2, 0.25) is 0 Å². The van der Waals surface area contributed by atoms with E-state index in [0.29, 0.717) is 18.9 Å². The molecule has 3 aliphatic rings. The topological polar surface area (TPSA) is 122 Å². The van der Waals surface area contributed by atoms with Gasteiger partial charge in [-0.25, -0.2) is 4.84 Å². The quantitative estimate of drug-likeness (QED) is 0.377. The van der Waals surface area contributed by atoms with Crippen molar-refractivity contribution in [2.24, 2.45) is 34.3 Å². The lowest BCUT2D eigenvalue weighted by atomic mass is 9.80. The molecular weight excluding hydrogens is 420 g/mol. The van der Waals surface area contributed by atoms with E-state index in [1.807, 2.05) is 20.8 Å². The van der Waals surface area contributed by atoms with E-state index in [1.54, 1.807) is 4.90 Å². The van der Waals surface area contributed by atoms with Gasteiger partial charge >= 0.3 is 0 Å². The van der Waals surface area contributed by atoms with Gasteiger partial charge in [0.25, 0.3) is 5.91 Å². The lowest BCUT2D eigenvalue weighted by Gasteiger charge is -2.37. The zero-order valence-electron chi connectivity index (χ0n) is 19.0. The smallest absolute Gasteiger partial charge is 0.287 e. The molecule has 4 unspecified atom stereocenters. The first-order valence-electron chi connectivity index (χ1n) is 11.1. The Morgan fingerprint density at radius 1 is 1.19 bits per heavy atom. The van der Waals surface area contributed by atoms with E-state index in [2.05, 4.69) is 24.0 Å². The van der Waals surface area contributed by atoms with E-state index in [9.17, 15) is 19.2 Å². The Morgan fingerprint density at radius 2 is 1.81 bits per heavy atom. The van der Waals surface area contributed by atoms with E-state index in [0.717, 1.165) is 19.3 Å². The van der Waals surface area contributed by atoms with Gasteiger partial charge in [-0.1, -0.05) is 53.9 Å². The van der Waals surface area contributed by atoms with Crippen LogP contribution < -0.4 is 15.9 Å². The number of piperidine rings is 1. The average molecular weight is 455 g/mol. The van der Waals surface area contributed by atoms with Crippen LogP contribution in [-0.4, -0.2) is 53.1 Å². The molecule has 31 heavy (non-hydrogen) atoms. The molecule has 8 nitrogen and oxygen atoms in total. The maximum Gasteiger partial charge on any atom is 0.287 e. The monoisotopic (exact) mass is 454 g/mol. The number of carbonyl (C=O) groups excluding carboxylic acids is 4. The summed E-state index contributed by atoms with van der Waals surface area (Å²) in [4.78, 5) is 54.9. The number of primary amides is 1. The number of ketones is 1. The molecule has 3 amide bonds. The van der Waals surface area contributed by atoms with Gasteiger partial charge in [-0.05, 0) is 46.8 Å². The summed E-state index contributed by atoms with van der Waals surface area (Å²) in [6.07, 6.45) is 3.43. The van der Waals surface area contributed by atoms with Gasteiger partial charge in [-0.2, -0.15) is 0 Å². The Balaban J connectivity index is 1.81. The molecule has 3 rings (SSSR count). The first kappa shape index (κ1) is 24.0. The number of nitrogens with zero attached hydrogens (tertiary/aromatic N) is 1. The van der Waals surface area contributed by atoms with Crippen LogP contribution in [0.5, 0.6) is 0 Å². The van der Waals surface area contributed by atoms with Crippen LogP contribution in [0.4, 0.5) is 0 Å². The zero-order valence-corrected chi connectivity index (χ0v) is 19.8. The summed E-state index contributed by atoms with van der Waals surface area (Å²) >= 11 is 5.90. The summed E-state index contributed by atoms with van der Waals surface area (Å²) in [5, 5.41) is 2.78. The molecule has 0 radical (unpaired) electrons. The molecule has 174 valence electrons. The van der Waals surface area contributed by atoms with Gasteiger partial charge in [0.15, 0.2) is 0 Å². The van der Waals surface area contributed by atoms with Crippen LogP contribution in [0.3, 0.4) is 0 Å². The highest BCUT2D eigenvalue weighted by atomic mass is 35.5. The fourth-order valence-electron chi connectivity index (χ4n) is 5.28. The number of hydrogen-bond donors (Lipinski definition) is 3. The third-order valence-corrected chi connectivity index (χ3v) is 7.87. The summed E-state index contributed by atoms with van der Waals surface area (Å²) < 4.78 is 0. The minimum Gasteiger partial charge on any atom is -0.363 e. The Kier molecular flexibility index (Phi) is 6.46. The third kappa shape index (κ3) is 4.46. The van der Waals surface area contributed by atoms with Gasteiger partial charge in [-0.3, -0.25) is 19.2 Å². The second kappa shape index (κ2) is 8.35. The van der Waals surface area contributed by atoms with Crippen LogP contribution >= 0.6 is 11.8 Å². The molecule has 5 atom stereocenters. The Morgan fingerprint density at radius 3 is 2.26 bits per heavy atom. The molecule has 0 aromatic carbocycles. The summed E-state index contributed by atoms with van der Waals surface area (Å²) in [7, 11) is 0. The number of rotatable bonds is 8. The molecule has 2 saturated carbocycles. The van der Waals surface area contributed by atoms with Crippen LogP contribution in [0.25, 0.3) is 0 Å². The van der Waals surface area contributed by atoms with Crippen molar-refractivity contribution >= 4 is 35.3 Å². The summed E-state index contributed by atoms with van der Waals surface area (Å²) in [5.41, 5.74) is 4.72. The second-order valence-corrected chi connectivity index (χ2v) is 11.3. The summed E-state index contributed by atoms with van der Waals surface area (Å²) in [6.45, 7) is 10.4. The molecule has 1 heterocycles. The van der Waals surface area contributed by atoms with Crippen molar-refractivity contribution in [3.05, 3.63) is 0 Å². The Labute approximate surface area is 189 Å². The lowest BCUT2D eigenvalue weighted by molar-refractivity contribution is -0.145.